The van der Waals surface area contributed by atoms with E-state index >= 15 is 0 Å². The van der Waals surface area contributed by atoms with E-state index in [1.54, 1.807) is 6.92 Å². The van der Waals surface area contributed by atoms with Gasteiger partial charge in [-0.2, -0.15) is 8.78 Å². The average molecular weight is 227 g/mol. The minimum absolute atomic E-state index is 0.152. The maximum Gasteiger partial charge on any atom is 0.383 e. The minimum Gasteiger partial charge on any atom is -0.334 e. The number of amides is 1. The maximum atomic E-state index is 12.8. The van der Waals surface area contributed by atoms with Crippen molar-refractivity contribution in [3.63, 3.8) is 0 Å². The van der Waals surface area contributed by atoms with Crippen molar-refractivity contribution in [2.24, 2.45) is 0 Å². The van der Waals surface area contributed by atoms with E-state index in [9.17, 15) is 22.4 Å². The van der Waals surface area contributed by atoms with Gasteiger partial charge in [-0.15, -0.1) is 0 Å². The van der Waals surface area contributed by atoms with Crippen molar-refractivity contribution < 1.29 is 22.4 Å². The third-order valence-electron chi connectivity index (χ3n) is 2.67. The molecule has 2 nitrogen and oxygen atoms in total. The van der Waals surface area contributed by atoms with Crippen LogP contribution < -0.4 is 0 Å². The van der Waals surface area contributed by atoms with Gasteiger partial charge in [0.15, 0.2) is 0 Å². The molecule has 15 heavy (non-hydrogen) atoms. The first-order valence-electron chi connectivity index (χ1n) is 4.88. The molecule has 0 aliphatic carbocycles. The lowest BCUT2D eigenvalue weighted by atomic mass is 10.1. The Morgan fingerprint density at radius 3 is 2.60 bits per heavy atom. The van der Waals surface area contributed by atoms with Gasteiger partial charge in [-0.3, -0.25) is 4.79 Å². The number of alkyl halides is 4. The van der Waals surface area contributed by atoms with Gasteiger partial charge in [-0.05, 0) is 19.3 Å². The van der Waals surface area contributed by atoms with E-state index in [1.807, 2.05) is 0 Å². The Morgan fingerprint density at radius 1 is 1.53 bits per heavy atom. The van der Waals surface area contributed by atoms with Gasteiger partial charge in [0.1, 0.15) is 0 Å². The molecule has 1 amide bonds. The molecule has 1 aliphatic rings. The number of carbonyl (C=O) groups is 1. The third-order valence-corrected chi connectivity index (χ3v) is 2.67. The van der Waals surface area contributed by atoms with Crippen LogP contribution in [0.3, 0.4) is 0 Å². The van der Waals surface area contributed by atoms with Crippen molar-refractivity contribution in [3.8, 4) is 0 Å². The van der Waals surface area contributed by atoms with E-state index in [2.05, 4.69) is 0 Å². The summed E-state index contributed by atoms with van der Waals surface area (Å²) < 4.78 is 49.4. The summed E-state index contributed by atoms with van der Waals surface area (Å²) in [5, 5.41) is 0. The number of likely N-dealkylation sites (tertiary alicyclic amines) is 1. The minimum atomic E-state index is -4.54. The van der Waals surface area contributed by atoms with Crippen LogP contribution in [-0.2, 0) is 4.79 Å². The van der Waals surface area contributed by atoms with Crippen LogP contribution in [0, 0.1) is 0 Å². The Bertz CT molecular complexity index is 244. The summed E-state index contributed by atoms with van der Waals surface area (Å²) in [6, 6.07) is -0.317. The van der Waals surface area contributed by atoms with Crippen molar-refractivity contribution in [2.45, 2.75) is 44.6 Å². The molecule has 0 spiro atoms. The fourth-order valence-electron chi connectivity index (χ4n) is 1.81. The molecule has 1 rings (SSSR count). The molecular formula is C9H13F4NO. The number of rotatable bonds is 3. The Balaban J connectivity index is 2.75. The normalized spacial score (nSPS) is 22.5. The smallest absolute Gasteiger partial charge is 0.334 e. The zero-order valence-corrected chi connectivity index (χ0v) is 8.35. The van der Waals surface area contributed by atoms with Crippen LogP contribution in [0.4, 0.5) is 17.6 Å². The standard InChI is InChI=1S/C9H13F4NO/c1-2-6-4-3-5-14(6)8(15)9(12,13)7(10)11/h6-7H,2-5H2,1H3. The largest absolute Gasteiger partial charge is 0.383 e. The SMILES string of the molecule is CCC1CCCN1C(=O)C(F)(F)C(F)F. The van der Waals surface area contributed by atoms with E-state index in [0.29, 0.717) is 19.3 Å². The first-order chi connectivity index (χ1) is 6.91. The fourth-order valence-corrected chi connectivity index (χ4v) is 1.81. The molecule has 0 aromatic rings. The van der Waals surface area contributed by atoms with Gasteiger partial charge in [0, 0.05) is 12.6 Å². The number of nitrogens with zero attached hydrogens (tertiary/aromatic N) is 1. The highest BCUT2D eigenvalue weighted by atomic mass is 19.3. The van der Waals surface area contributed by atoms with Crippen LogP contribution in [0.15, 0.2) is 0 Å². The zero-order valence-electron chi connectivity index (χ0n) is 8.35. The van der Waals surface area contributed by atoms with E-state index in [0.717, 1.165) is 4.90 Å². The van der Waals surface area contributed by atoms with E-state index in [1.165, 1.54) is 0 Å². The molecule has 1 unspecified atom stereocenters. The highest BCUT2D eigenvalue weighted by Gasteiger charge is 2.52. The summed E-state index contributed by atoms with van der Waals surface area (Å²) >= 11 is 0. The van der Waals surface area contributed by atoms with Gasteiger partial charge in [0.25, 0.3) is 5.91 Å². The molecule has 0 bridgehead atoms. The van der Waals surface area contributed by atoms with Crippen LogP contribution in [0.2, 0.25) is 0 Å². The molecule has 0 aromatic carbocycles. The topological polar surface area (TPSA) is 20.3 Å². The number of carbonyl (C=O) groups excluding carboxylic acids is 1. The van der Waals surface area contributed by atoms with Crippen molar-refractivity contribution in [2.75, 3.05) is 6.54 Å². The first-order valence-corrected chi connectivity index (χ1v) is 4.88. The van der Waals surface area contributed by atoms with Crippen molar-refractivity contribution in [1.82, 2.24) is 4.90 Å². The van der Waals surface area contributed by atoms with Crippen molar-refractivity contribution in [3.05, 3.63) is 0 Å². The summed E-state index contributed by atoms with van der Waals surface area (Å²) in [6.07, 6.45) is -2.20. The van der Waals surface area contributed by atoms with Gasteiger partial charge in [0.2, 0.25) is 0 Å². The molecule has 6 heteroatoms. The molecule has 0 radical (unpaired) electrons. The lowest BCUT2D eigenvalue weighted by Gasteiger charge is -2.27. The highest BCUT2D eigenvalue weighted by molar-refractivity contribution is 5.84. The second-order valence-corrected chi connectivity index (χ2v) is 3.63. The van der Waals surface area contributed by atoms with Crippen LogP contribution in [0.25, 0.3) is 0 Å². The second kappa shape index (κ2) is 4.37. The van der Waals surface area contributed by atoms with Crippen LogP contribution in [0.1, 0.15) is 26.2 Å². The highest BCUT2D eigenvalue weighted by Crippen LogP contribution is 2.30. The molecule has 0 N–H and O–H groups in total. The molecular weight excluding hydrogens is 214 g/mol. The van der Waals surface area contributed by atoms with Crippen molar-refractivity contribution in [1.29, 1.82) is 0 Å². The predicted octanol–water partition coefficient (Wildman–Crippen LogP) is 2.29. The first kappa shape index (κ1) is 12.3. The Labute approximate surface area is 85.2 Å². The summed E-state index contributed by atoms with van der Waals surface area (Å²) in [5.41, 5.74) is 0. The quantitative estimate of drug-likeness (QED) is 0.677. The van der Waals surface area contributed by atoms with Crippen LogP contribution >= 0.6 is 0 Å². The van der Waals surface area contributed by atoms with Gasteiger partial charge in [0.05, 0.1) is 0 Å². The number of hydrogen-bond acceptors (Lipinski definition) is 1. The molecule has 88 valence electrons. The van der Waals surface area contributed by atoms with Gasteiger partial charge in [-0.1, -0.05) is 6.92 Å². The van der Waals surface area contributed by atoms with Gasteiger partial charge < -0.3 is 4.90 Å². The van der Waals surface area contributed by atoms with E-state index in [4.69, 9.17) is 0 Å². The molecule has 1 saturated heterocycles. The predicted molar refractivity (Wildman–Crippen MR) is 46.0 cm³/mol. The van der Waals surface area contributed by atoms with Gasteiger partial charge >= 0.3 is 12.3 Å². The van der Waals surface area contributed by atoms with Crippen molar-refractivity contribution >= 4 is 5.91 Å². The lowest BCUT2D eigenvalue weighted by molar-refractivity contribution is -0.181. The van der Waals surface area contributed by atoms with Crippen LogP contribution in [0.5, 0.6) is 0 Å². The zero-order chi connectivity index (χ0) is 11.6. The maximum absolute atomic E-state index is 12.8. The summed E-state index contributed by atoms with van der Waals surface area (Å²) in [6.45, 7) is 1.90. The molecule has 1 aliphatic heterocycles. The Kier molecular flexibility index (Phi) is 3.57. The Hall–Kier alpha value is -0.810. The number of halogens is 4. The monoisotopic (exact) mass is 227 g/mol. The average Bonchev–Trinajstić information content (AvgIpc) is 2.63. The van der Waals surface area contributed by atoms with E-state index in [-0.39, 0.29) is 12.6 Å². The summed E-state index contributed by atoms with van der Waals surface area (Å²) in [4.78, 5) is 12.1. The van der Waals surface area contributed by atoms with Gasteiger partial charge in [-0.25, -0.2) is 8.78 Å². The molecule has 1 heterocycles. The second-order valence-electron chi connectivity index (χ2n) is 3.63. The third kappa shape index (κ3) is 2.23. The Morgan fingerprint density at radius 2 is 2.13 bits per heavy atom. The summed E-state index contributed by atoms with van der Waals surface area (Å²) in [5.74, 6) is -6.28. The molecule has 1 atom stereocenters. The van der Waals surface area contributed by atoms with Crippen LogP contribution in [-0.4, -0.2) is 35.7 Å². The molecule has 0 saturated carbocycles. The molecule has 0 aromatic heterocycles. The number of hydrogen-bond donors (Lipinski definition) is 0. The molecule has 1 fully saturated rings. The fraction of sp³-hybridized carbons (Fsp3) is 0.889. The lowest BCUT2D eigenvalue weighted by Crippen LogP contribution is -2.49. The summed E-state index contributed by atoms with van der Waals surface area (Å²) in [7, 11) is 0. The van der Waals surface area contributed by atoms with E-state index < -0.39 is 18.3 Å².